The Bertz CT molecular complexity index is 612. The monoisotopic (exact) mass is 298 g/mol. The van der Waals surface area contributed by atoms with Gasteiger partial charge in [0.2, 0.25) is 0 Å². The van der Waals surface area contributed by atoms with Crippen LogP contribution in [0.1, 0.15) is 24.0 Å². The zero-order valence-electron chi connectivity index (χ0n) is 13.2. The molecule has 0 radical (unpaired) electrons. The summed E-state index contributed by atoms with van der Waals surface area (Å²) in [6.45, 7) is 1.78. The Morgan fingerprint density at radius 1 is 1.14 bits per heavy atom. The van der Waals surface area contributed by atoms with Crippen molar-refractivity contribution in [2.24, 2.45) is 0 Å². The number of nitrogens with zero attached hydrogens (tertiary/aromatic N) is 2. The van der Waals surface area contributed by atoms with E-state index in [1.54, 1.807) is 14.2 Å². The van der Waals surface area contributed by atoms with Crippen LogP contribution >= 0.6 is 0 Å². The fraction of sp³-hybridized carbons (Fsp3) is 0.389. The van der Waals surface area contributed by atoms with Gasteiger partial charge in [0, 0.05) is 37.1 Å². The van der Waals surface area contributed by atoms with Crippen LogP contribution in [0.3, 0.4) is 0 Å². The molecule has 3 rings (SSSR count). The summed E-state index contributed by atoms with van der Waals surface area (Å²) in [6, 6.07) is 10.8. The molecule has 0 aliphatic heterocycles. The van der Waals surface area contributed by atoms with Gasteiger partial charge in [0.05, 0.1) is 14.2 Å². The molecule has 4 heteroatoms. The van der Waals surface area contributed by atoms with Crippen LogP contribution < -0.4 is 9.47 Å². The van der Waals surface area contributed by atoms with Crippen LogP contribution in [0.4, 0.5) is 0 Å². The molecule has 1 aliphatic carbocycles. The highest BCUT2D eigenvalue weighted by molar-refractivity contribution is 5.40. The summed E-state index contributed by atoms with van der Waals surface area (Å²) in [7, 11) is 3.41. The number of pyridine rings is 1. The van der Waals surface area contributed by atoms with Gasteiger partial charge in [-0.05, 0) is 42.7 Å². The Morgan fingerprint density at radius 3 is 2.64 bits per heavy atom. The van der Waals surface area contributed by atoms with E-state index >= 15 is 0 Å². The van der Waals surface area contributed by atoms with Crippen molar-refractivity contribution >= 4 is 0 Å². The smallest absolute Gasteiger partial charge is 0.123 e. The minimum absolute atomic E-state index is 0.663. The van der Waals surface area contributed by atoms with Gasteiger partial charge in [-0.2, -0.15) is 0 Å². The van der Waals surface area contributed by atoms with E-state index in [-0.39, 0.29) is 0 Å². The van der Waals surface area contributed by atoms with Crippen molar-refractivity contribution in [2.75, 3.05) is 14.2 Å². The molecule has 1 aromatic heterocycles. The Balaban J connectivity index is 1.79. The number of hydrogen-bond acceptors (Lipinski definition) is 4. The van der Waals surface area contributed by atoms with Crippen LogP contribution in [0.15, 0.2) is 42.7 Å². The first-order valence-corrected chi connectivity index (χ1v) is 7.64. The summed E-state index contributed by atoms with van der Waals surface area (Å²) in [5.41, 5.74) is 2.41. The van der Waals surface area contributed by atoms with Crippen molar-refractivity contribution in [3.63, 3.8) is 0 Å². The lowest BCUT2D eigenvalue weighted by atomic mass is 10.1. The number of hydrogen-bond donors (Lipinski definition) is 0. The molecule has 4 nitrogen and oxygen atoms in total. The van der Waals surface area contributed by atoms with E-state index in [1.165, 1.54) is 18.4 Å². The van der Waals surface area contributed by atoms with E-state index in [1.807, 2.05) is 30.6 Å². The summed E-state index contributed by atoms with van der Waals surface area (Å²) >= 11 is 0. The third-order valence-electron chi connectivity index (χ3n) is 4.03. The van der Waals surface area contributed by atoms with Crippen LogP contribution in [0, 0.1) is 0 Å². The highest BCUT2D eigenvalue weighted by atomic mass is 16.5. The second-order valence-electron chi connectivity index (χ2n) is 5.68. The Hall–Kier alpha value is -2.07. The molecule has 1 aliphatic rings. The van der Waals surface area contributed by atoms with E-state index in [9.17, 15) is 0 Å². The molecule has 2 aromatic rings. The van der Waals surface area contributed by atoms with E-state index in [4.69, 9.17) is 9.47 Å². The average molecular weight is 298 g/mol. The van der Waals surface area contributed by atoms with Crippen LogP contribution in [0.25, 0.3) is 0 Å². The molecule has 116 valence electrons. The maximum atomic E-state index is 5.50. The third kappa shape index (κ3) is 3.57. The first-order valence-electron chi connectivity index (χ1n) is 7.64. The normalized spacial score (nSPS) is 14.1. The Morgan fingerprint density at radius 2 is 2.00 bits per heavy atom. The first-order chi connectivity index (χ1) is 10.8. The molecule has 0 amide bonds. The maximum Gasteiger partial charge on any atom is 0.123 e. The largest absolute Gasteiger partial charge is 0.497 e. The van der Waals surface area contributed by atoms with Gasteiger partial charge < -0.3 is 9.47 Å². The van der Waals surface area contributed by atoms with E-state index in [0.717, 1.165) is 30.2 Å². The van der Waals surface area contributed by atoms with Crippen LogP contribution in [-0.4, -0.2) is 30.1 Å². The number of rotatable bonds is 7. The summed E-state index contributed by atoms with van der Waals surface area (Å²) in [4.78, 5) is 6.71. The van der Waals surface area contributed by atoms with E-state index in [2.05, 4.69) is 22.0 Å². The van der Waals surface area contributed by atoms with Crippen molar-refractivity contribution in [2.45, 2.75) is 32.0 Å². The van der Waals surface area contributed by atoms with Crippen molar-refractivity contribution in [3.8, 4) is 11.5 Å². The predicted molar refractivity (Wildman–Crippen MR) is 86.1 cm³/mol. The summed E-state index contributed by atoms with van der Waals surface area (Å²) in [5, 5.41) is 0. The van der Waals surface area contributed by atoms with Crippen molar-refractivity contribution in [1.82, 2.24) is 9.88 Å². The number of aromatic nitrogens is 1. The first kappa shape index (κ1) is 14.9. The average Bonchev–Trinajstić information content (AvgIpc) is 3.40. The van der Waals surface area contributed by atoms with Gasteiger partial charge in [0.1, 0.15) is 11.5 Å². The third-order valence-corrected chi connectivity index (χ3v) is 4.03. The fourth-order valence-corrected chi connectivity index (χ4v) is 2.70. The molecular formula is C18H22N2O2. The second kappa shape index (κ2) is 6.79. The van der Waals surface area contributed by atoms with Gasteiger partial charge in [0.15, 0.2) is 0 Å². The molecule has 0 bridgehead atoms. The van der Waals surface area contributed by atoms with E-state index < -0.39 is 0 Å². The molecule has 0 N–H and O–H groups in total. The molecule has 0 saturated heterocycles. The quantitative estimate of drug-likeness (QED) is 0.786. The lowest BCUT2D eigenvalue weighted by Crippen LogP contribution is -2.25. The topological polar surface area (TPSA) is 34.6 Å². The maximum absolute atomic E-state index is 5.50. The lowest BCUT2D eigenvalue weighted by Gasteiger charge is -2.23. The number of benzene rings is 1. The van der Waals surface area contributed by atoms with Crippen molar-refractivity contribution in [1.29, 1.82) is 0 Å². The van der Waals surface area contributed by atoms with Gasteiger partial charge in [-0.15, -0.1) is 0 Å². The van der Waals surface area contributed by atoms with Crippen LogP contribution in [0.5, 0.6) is 11.5 Å². The molecule has 1 heterocycles. The molecule has 1 aromatic carbocycles. The number of methoxy groups -OCH3 is 2. The predicted octanol–water partition coefficient (Wildman–Crippen LogP) is 3.26. The molecule has 1 fully saturated rings. The van der Waals surface area contributed by atoms with Crippen molar-refractivity contribution in [3.05, 3.63) is 53.9 Å². The molecule has 1 saturated carbocycles. The fourth-order valence-electron chi connectivity index (χ4n) is 2.70. The molecule has 0 atom stereocenters. The molecular weight excluding hydrogens is 276 g/mol. The van der Waals surface area contributed by atoms with Gasteiger partial charge >= 0.3 is 0 Å². The minimum Gasteiger partial charge on any atom is -0.497 e. The van der Waals surface area contributed by atoms with Crippen molar-refractivity contribution < 1.29 is 9.47 Å². The van der Waals surface area contributed by atoms with E-state index in [0.29, 0.717) is 6.04 Å². The summed E-state index contributed by atoms with van der Waals surface area (Å²) < 4.78 is 10.8. The molecule has 0 spiro atoms. The lowest BCUT2D eigenvalue weighted by molar-refractivity contribution is 0.241. The summed E-state index contributed by atoms with van der Waals surface area (Å²) in [5.74, 6) is 1.78. The van der Waals surface area contributed by atoms with Crippen LogP contribution in [0.2, 0.25) is 0 Å². The molecule has 22 heavy (non-hydrogen) atoms. The van der Waals surface area contributed by atoms with Gasteiger partial charge in [-0.3, -0.25) is 9.88 Å². The summed E-state index contributed by atoms with van der Waals surface area (Å²) in [6.07, 6.45) is 6.30. The zero-order chi connectivity index (χ0) is 15.4. The highest BCUT2D eigenvalue weighted by Crippen LogP contribution is 2.32. The Kier molecular flexibility index (Phi) is 4.59. The van der Waals surface area contributed by atoms with Gasteiger partial charge in [-0.1, -0.05) is 6.07 Å². The van der Waals surface area contributed by atoms with Gasteiger partial charge in [-0.25, -0.2) is 0 Å². The number of ether oxygens (including phenoxy) is 2. The highest BCUT2D eigenvalue weighted by Gasteiger charge is 2.29. The van der Waals surface area contributed by atoms with Gasteiger partial charge in [0.25, 0.3) is 0 Å². The Labute approximate surface area is 131 Å². The second-order valence-corrected chi connectivity index (χ2v) is 5.68. The SMILES string of the molecule is COc1ccc(OC)c(CN(Cc2cccnc2)C2CC2)c1. The zero-order valence-corrected chi connectivity index (χ0v) is 13.2. The standard InChI is InChI=1S/C18H22N2O2/c1-21-17-7-8-18(22-2)15(10-17)13-20(16-5-6-16)12-14-4-3-9-19-11-14/h3-4,7-11,16H,5-6,12-13H2,1-2H3. The van der Waals surface area contributed by atoms with Crippen LogP contribution in [-0.2, 0) is 13.1 Å². The molecule has 0 unspecified atom stereocenters. The minimum atomic E-state index is 0.663.